The molecular formula is C15H21F8N2+. The van der Waals surface area contributed by atoms with Crippen LogP contribution in [0.3, 0.4) is 0 Å². The SMILES string of the molecule is CCCCC(F)(n1cc[n+](C(F)(CCCC)C(F)(F)F)c1)C(F)(F)F. The second kappa shape index (κ2) is 7.49. The number of unbranched alkanes of at least 4 members (excludes halogenated alkanes) is 2. The topological polar surface area (TPSA) is 8.81 Å². The van der Waals surface area contributed by atoms with Crippen molar-refractivity contribution in [1.29, 1.82) is 0 Å². The standard InChI is InChI=1S/C15H21F8N2/c1-3-5-7-12(16,14(18,19)20)24-9-10-25(11-24)13(17,8-6-4-2)15(21,22)23/h9-11H,3-8H2,1-2H3/q+1. The lowest BCUT2D eigenvalue weighted by Crippen LogP contribution is -2.61. The summed E-state index contributed by atoms with van der Waals surface area (Å²) in [6, 6.07) is 0. The smallest absolute Gasteiger partial charge is 0.195 e. The summed E-state index contributed by atoms with van der Waals surface area (Å²) in [4.78, 5) is 0. The van der Waals surface area contributed by atoms with Crippen LogP contribution in [0.25, 0.3) is 0 Å². The number of nitrogens with zero attached hydrogens (tertiary/aromatic N) is 2. The number of hydrogen-bond acceptors (Lipinski definition) is 0. The minimum atomic E-state index is -5.35. The number of aromatic nitrogens is 2. The first kappa shape index (κ1) is 21.7. The van der Waals surface area contributed by atoms with E-state index in [-0.39, 0.29) is 41.1 Å². The van der Waals surface area contributed by atoms with Gasteiger partial charge in [-0.15, -0.1) is 0 Å². The predicted octanol–water partition coefficient (Wildman–Crippen LogP) is 5.53. The van der Waals surface area contributed by atoms with Gasteiger partial charge in [0.1, 0.15) is 12.4 Å². The molecule has 0 fully saturated rings. The van der Waals surface area contributed by atoms with Crippen LogP contribution in [-0.4, -0.2) is 16.9 Å². The van der Waals surface area contributed by atoms with Gasteiger partial charge in [0.25, 0.3) is 0 Å². The Morgan fingerprint density at radius 3 is 1.76 bits per heavy atom. The average molecular weight is 381 g/mol. The van der Waals surface area contributed by atoms with E-state index in [1.165, 1.54) is 0 Å². The van der Waals surface area contributed by atoms with E-state index in [4.69, 9.17) is 0 Å². The number of alkyl halides is 8. The molecule has 2 atom stereocenters. The molecule has 1 heterocycles. The summed E-state index contributed by atoms with van der Waals surface area (Å²) in [5.41, 5.74) is 0. The Bertz CT molecular complexity index is 504. The highest BCUT2D eigenvalue weighted by molar-refractivity contribution is 4.88. The molecule has 0 radical (unpaired) electrons. The summed E-state index contributed by atoms with van der Waals surface area (Å²) in [5.74, 6) is -7.79. The maximum Gasteiger partial charge on any atom is 0.464 e. The van der Waals surface area contributed by atoms with E-state index in [9.17, 15) is 35.1 Å². The third-order valence-corrected chi connectivity index (χ3v) is 4.05. The summed E-state index contributed by atoms with van der Waals surface area (Å²) < 4.78 is 108. The first-order valence-electron chi connectivity index (χ1n) is 7.95. The lowest BCUT2D eigenvalue weighted by atomic mass is 10.1. The second-order valence-electron chi connectivity index (χ2n) is 5.95. The van der Waals surface area contributed by atoms with Crippen LogP contribution >= 0.6 is 0 Å². The minimum absolute atomic E-state index is 0.0331. The van der Waals surface area contributed by atoms with Crippen molar-refractivity contribution < 1.29 is 39.7 Å². The molecule has 25 heavy (non-hydrogen) atoms. The molecule has 0 aliphatic carbocycles. The highest BCUT2D eigenvalue weighted by Crippen LogP contribution is 2.43. The number of rotatable bonds is 8. The molecule has 1 aromatic heterocycles. The van der Waals surface area contributed by atoms with E-state index in [2.05, 4.69) is 0 Å². The van der Waals surface area contributed by atoms with E-state index < -0.39 is 36.8 Å². The molecule has 0 aliphatic heterocycles. The van der Waals surface area contributed by atoms with Crippen molar-refractivity contribution in [3.8, 4) is 0 Å². The number of imidazole rings is 1. The lowest BCUT2D eigenvalue weighted by molar-refractivity contribution is -0.821. The first-order chi connectivity index (χ1) is 11.3. The zero-order valence-electron chi connectivity index (χ0n) is 13.9. The molecule has 0 bridgehead atoms. The molecule has 10 heteroatoms. The van der Waals surface area contributed by atoms with Crippen molar-refractivity contribution >= 4 is 0 Å². The van der Waals surface area contributed by atoms with Gasteiger partial charge in [-0.05, 0) is 12.8 Å². The van der Waals surface area contributed by atoms with Gasteiger partial charge in [-0.1, -0.05) is 26.7 Å². The molecule has 0 aliphatic rings. The summed E-state index contributed by atoms with van der Waals surface area (Å²) in [5, 5.41) is 0. The van der Waals surface area contributed by atoms with E-state index in [0.29, 0.717) is 12.4 Å². The van der Waals surface area contributed by atoms with Gasteiger partial charge in [-0.3, -0.25) is 0 Å². The van der Waals surface area contributed by atoms with Crippen molar-refractivity contribution in [2.45, 2.75) is 76.3 Å². The summed E-state index contributed by atoms with van der Waals surface area (Å²) >= 11 is 0. The average Bonchev–Trinajstić information content (AvgIpc) is 2.98. The Kier molecular flexibility index (Phi) is 6.50. The fourth-order valence-electron chi connectivity index (χ4n) is 2.43. The van der Waals surface area contributed by atoms with Crippen molar-refractivity contribution in [1.82, 2.24) is 4.57 Å². The molecular weight excluding hydrogens is 360 g/mol. The van der Waals surface area contributed by atoms with Crippen molar-refractivity contribution in [3.05, 3.63) is 18.7 Å². The molecule has 0 spiro atoms. The van der Waals surface area contributed by atoms with E-state index >= 15 is 0 Å². The van der Waals surface area contributed by atoms with Crippen LogP contribution in [0.1, 0.15) is 52.4 Å². The maximum absolute atomic E-state index is 14.6. The van der Waals surface area contributed by atoms with Crippen LogP contribution in [0, 0.1) is 0 Å². The fraction of sp³-hybridized carbons (Fsp3) is 0.800. The van der Waals surface area contributed by atoms with Gasteiger partial charge in [-0.2, -0.15) is 44.3 Å². The van der Waals surface area contributed by atoms with Gasteiger partial charge in [0, 0.05) is 12.8 Å². The fourth-order valence-corrected chi connectivity index (χ4v) is 2.43. The van der Waals surface area contributed by atoms with Crippen molar-refractivity contribution in [2.24, 2.45) is 0 Å². The first-order valence-corrected chi connectivity index (χ1v) is 7.95. The van der Waals surface area contributed by atoms with Gasteiger partial charge in [0.05, 0.1) is 0 Å². The zero-order valence-corrected chi connectivity index (χ0v) is 13.9. The molecule has 0 saturated carbocycles. The molecule has 0 amide bonds. The molecule has 2 nitrogen and oxygen atoms in total. The van der Waals surface area contributed by atoms with Crippen LogP contribution in [-0.2, 0) is 11.6 Å². The Morgan fingerprint density at radius 2 is 1.32 bits per heavy atom. The van der Waals surface area contributed by atoms with Gasteiger partial charge in [0.2, 0.25) is 6.33 Å². The molecule has 0 N–H and O–H groups in total. The molecule has 2 unspecified atom stereocenters. The Morgan fingerprint density at radius 1 is 0.800 bits per heavy atom. The second-order valence-corrected chi connectivity index (χ2v) is 5.95. The molecule has 0 saturated heterocycles. The normalized spacial score (nSPS) is 18.0. The Balaban J connectivity index is 3.33. The molecule has 1 aromatic rings. The van der Waals surface area contributed by atoms with Gasteiger partial charge in [-0.25, -0.2) is 0 Å². The van der Waals surface area contributed by atoms with Crippen LogP contribution in [0.4, 0.5) is 35.1 Å². The maximum atomic E-state index is 14.6. The van der Waals surface area contributed by atoms with Crippen LogP contribution < -0.4 is 4.57 Å². The van der Waals surface area contributed by atoms with E-state index in [1.807, 2.05) is 0 Å². The van der Waals surface area contributed by atoms with Crippen LogP contribution in [0.5, 0.6) is 0 Å². The molecule has 1 rings (SSSR count). The van der Waals surface area contributed by atoms with Crippen molar-refractivity contribution in [2.75, 3.05) is 0 Å². The third kappa shape index (κ3) is 4.25. The third-order valence-electron chi connectivity index (χ3n) is 4.05. The predicted molar refractivity (Wildman–Crippen MR) is 74.0 cm³/mol. The minimum Gasteiger partial charge on any atom is -0.195 e. The number of halogens is 8. The van der Waals surface area contributed by atoms with Crippen molar-refractivity contribution in [3.63, 3.8) is 0 Å². The van der Waals surface area contributed by atoms with Gasteiger partial charge < -0.3 is 0 Å². The lowest BCUT2D eigenvalue weighted by Gasteiger charge is -2.26. The Hall–Kier alpha value is -1.35. The zero-order chi connectivity index (χ0) is 19.5. The van der Waals surface area contributed by atoms with Crippen LogP contribution in [0.15, 0.2) is 18.7 Å². The summed E-state index contributed by atoms with van der Waals surface area (Å²) in [6.45, 7) is 3.10. The highest BCUT2D eigenvalue weighted by atomic mass is 19.4. The summed E-state index contributed by atoms with van der Waals surface area (Å²) in [6.07, 6.45) is -11.2. The van der Waals surface area contributed by atoms with Gasteiger partial charge in [0.15, 0.2) is 0 Å². The van der Waals surface area contributed by atoms with E-state index in [1.54, 1.807) is 13.8 Å². The quantitative estimate of drug-likeness (QED) is 0.414. The highest BCUT2D eigenvalue weighted by Gasteiger charge is 2.64. The van der Waals surface area contributed by atoms with E-state index in [0.717, 1.165) is 0 Å². The monoisotopic (exact) mass is 381 g/mol. The summed E-state index contributed by atoms with van der Waals surface area (Å²) in [7, 11) is 0. The number of hydrogen-bond donors (Lipinski definition) is 0. The largest absolute Gasteiger partial charge is 0.464 e. The Labute approximate surface area is 140 Å². The van der Waals surface area contributed by atoms with Gasteiger partial charge >= 0.3 is 23.9 Å². The molecule has 146 valence electrons. The molecule has 0 aromatic carbocycles. The van der Waals surface area contributed by atoms with Crippen LogP contribution in [0.2, 0.25) is 0 Å².